The van der Waals surface area contributed by atoms with Gasteiger partial charge < -0.3 is 0 Å². The van der Waals surface area contributed by atoms with Crippen molar-refractivity contribution in [1.29, 1.82) is 0 Å². The van der Waals surface area contributed by atoms with Crippen molar-refractivity contribution >= 4 is 0 Å². The first-order valence-electron chi connectivity index (χ1n) is 3.47. The molecule has 0 spiro atoms. The van der Waals surface area contributed by atoms with E-state index in [9.17, 15) is 4.91 Å². The minimum atomic E-state index is -0.288. The second kappa shape index (κ2) is 2.82. The number of nitroso groups, excluding NO2 is 1. The summed E-state index contributed by atoms with van der Waals surface area (Å²) in [4.78, 5) is 10.2. The van der Waals surface area contributed by atoms with Gasteiger partial charge in [0.15, 0.2) is 0 Å². The second-order valence-corrected chi connectivity index (χ2v) is 2.59. The Kier molecular flexibility index (Phi) is 2.03. The van der Waals surface area contributed by atoms with Gasteiger partial charge in [-0.05, 0) is 13.8 Å². The Morgan fingerprint density at radius 3 is 2.73 bits per heavy atom. The van der Waals surface area contributed by atoms with Gasteiger partial charge in [0.1, 0.15) is 6.04 Å². The topological polar surface area (TPSA) is 47.2 Å². The number of aryl methyl sites for hydroxylation is 1. The first kappa shape index (κ1) is 7.91. The van der Waals surface area contributed by atoms with Crippen LogP contribution in [0, 0.1) is 11.8 Å². The van der Waals surface area contributed by atoms with Gasteiger partial charge in [-0.15, -0.1) is 0 Å². The van der Waals surface area contributed by atoms with Gasteiger partial charge in [-0.1, -0.05) is 5.18 Å². The lowest BCUT2D eigenvalue weighted by Gasteiger charge is -2.00. The van der Waals surface area contributed by atoms with Crippen LogP contribution in [-0.4, -0.2) is 9.78 Å². The maximum absolute atomic E-state index is 10.2. The highest BCUT2D eigenvalue weighted by atomic mass is 16.3. The summed E-state index contributed by atoms with van der Waals surface area (Å²) in [6.45, 7) is 3.68. The SMILES string of the molecule is Cc1c(C(C)N=O)cnn1C. The molecular formula is C7H11N3O. The van der Waals surface area contributed by atoms with Crippen molar-refractivity contribution in [3.63, 3.8) is 0 Å². The third-order valence-corrected chi connectivity index (χ3v) is 1.88. The fourth-order valence-electron chi connectivity index (χ4n) is 0.983. The van der Waals surface area contributed by atoms with Crippen LogP contribution in [0.3, 0.4) is 0 Å². The van der Waals surface area contributed by atoms with Gasteiger partial charge in [0.25, 0.3) is 0 Å². The lowest BCUT2D eigenvalue weighted by atomic mass is 10.1. The van der Waals surface area contributed by atoms with Crippen LogP contribution in [0.15, 0.2) is 11.4 Å². The van der Waals surface area contributed by atoms with Crippen molar-refractivity contribution in [3.05, 3.63) is 22.4 Å². The summed E-state index contributed by atoms with van der Waals surface area (Å²) in [5.41, 5.74) is 1.90. The van der Waals surface area contributed by atoms with Gasteiger partial charge >= 0.3 is 0 Å². The van der Waals surface area contributed by atoms with Crippen LogP contribution >= 0.6 is 0 Å². The predicted octanol–water partition coefficient (Wildman–Crippen LogP) is 1.56. The van der Waals surface area contributed by atoms with Crippen molar-refractivity contribution in [2.45, 2.75) is 19.9 Å². The summed E-state index contributed by atoms with van der Waals surface area (Å²) in [6, 6.07) is -0.288. The summed E-state index contributed by atoms with van der Waals surface area (Å²) in [5, 5.41) is 6.93. The summed E-state index contributed by atoms with van der Waals surface area (Å²) in [7, 11) is 1.84. The van der Waals surface area contributed by atoms with E-state index in [2.05, 4.69) is 10.3 Å². The molecule has 4 heteroatoms. The van der Waals surface area contributed by atoms with Crippen LogP contribution in [0.4, 0.5) is 0 Å². The molecule has 0 saturated heterocycles. The molecule has 60 valence electrons. The molecule has 0 aliphatic rings. The molecule has 1 heterocycles. The van der Waals surface area contributed by atoms with E-state index >= 15 is 0 Å². The molecule has 0 aromatic carbocycles. The molecule has 4 nitrogen and oxygen atoms in total. The van der Waals surface area contributed by atoms with E-state index in [4.69, 9.17) is 0 Å². The Hall–Kier alpha value is -1.19. The Morgan fingerprint density at radius 2 is 2.36 bits per heavy atom. The number of aromatic nitrogens is 2. The monoisotopic (exact) mass is 153 g/mol. The van der Waals surface area contributed by atoms with Crippen molar-refractivity contribution < 1.29 is 0 Å². The molecule has 1 unspecified atom stereocenters. The number of rotatable bonds is 2. The molecule has 0 fully saturated rings. The fourth-order valence-corrected chi connectivity index (χ4v) is 0.983. The number of hydrogen-bond donors (Lipinski definition) is 0. The van der Waals surface area contributed by atoms with E-state index < -0.39 is 0 Å². The van der Waals surface area contributed by atoms with Crippen LogP contribution in [0.25, 0.3) is 0 Å². The zero-order valence-corrected chi connectivity index (χ0v) is 6.90. The minimum absolute atomic E-state index is 0.288. The van der Waals surface area contributed by atoms with Crippen LogP contribution < -0.4 is 0 Å². The van der Waals surface area contributed by atoms with E-state index in [0.717, 1.165) is 11.3 Å². The van der Waals surface area contributed by atoms with Gasteiger partial charge in [0.05, 0.1) is 6.20 Å². The predicted molar refractivity (Wildman–Crippen MR) is 42.2 cm³/mol. The van der Waals surface area contributed by atoms with Gasteiger partial charge in [-0.3, -0.25) is 4.68 Å². The van der Waals surface area contributed by atoms with Gasteiger partial charge in [-0.2, -0.15) is 10.0 Å². The molecule has 1 aromatic heterocycles. The standard InChI is InChI=1S/C7H11N3O/c1-5(9-11)7-4-8-10(3)6(7)2/h4-5H,1-3H3. The zero-order chi connectivity index (χ0) is 8.43. The molecular weight excluding hydrogens is 142 g/mol. The van der Waals surface area contributed by atoms with Gasteiger partial charge in [0, 0.05) is 18.3 Å². The van der Waals surface area contributed by atoms with E-state index in [1.165, 1.54) is 0 Å². The lowest BCUT2D eigenvalue weighted by molar-refractivity contribution is 0.729. The smallest absolute Gasteiger partial charge is 0.117 e. The quantitative estimate of drug-likeness (QED) is 0.605. The summed E-state index contributed by atoms with van der Waals surface area (Å²) in [5.74, 6) is 0. The molecule has 0 saturated carbocycles. The van der Waals surface area contributed by atoms with E-state index in [-0.39, 0.29) is 6.04 Å². The average molecular weight is 153 g/mol. The Balaban J connectivity index is 3.03. The van der Waals surface area contributed by atoms with Gasteiger partial charge in [-0.25, -0.2) is 0 Å². The Bertz CT molecular complexity index is 267. The lowest BCUT2D eigenvalue weighted by Crippen LogP contribution is -1.95. The van der Waals surface area contributed by atoms with Crippen LogP contribution in [-0.2, 0) is 7.05 Å². The van der Waals surface area contributed by atoms with Crippen LogP contribution in [0.2, 0.25) is 0 Å². The maximum Gasteiger partial charge on any atom is 0.117 e. The number of nitrogens with zero attached hydrogens (tertiary/aromatic N) is 3. The molecule has 0 bridgehead atoms. The summed E-state index contributed by atoms with van der Waals surface area (Å²) < 4.78 is 1.73. The van der Waals surface area contributed by atoms with Crippen molar-refractivity contribution in [2.75, 3.05) is 0 Å². The number of hydrogen-bond acceptors (Lipinski definition) is 3. The normalized spacial score (nSPS) is 13.0. The molecule has 1 aromatic rings. The van der Waals surface area contributed by atoms with E-state index in [1.807, 2.05) is 14.0 Å². The molecule has 0 aliphatic carbocycles. The first-order valence-corrected chi connectivity index (χ1v) is 3.47. The molecule has 11 heavy (non-hydrogen) atoms. The molecule has 0 amide bonds. The second-order valence-electron chi connectivity index (χ2n) is 2.59. The molecule has 0 N–H and O–H groups in total. The highest BCUT2D eigenvalue weighted by molar-refractivity contribution is 5.19. The van der Waals surface area contributed by atoms with Crippen molar-refractivity contribution in [1.82, 2.24) is 9.78 Å². The minimum Gasteiger partial charge on any atom is -0.273 e. The van der Waals surface area contributed by atoms with Gasteiger partial charge in [0.2, 0.25) is 0 Å². The fraction of sp³-hybridized carbons (Fsp3) is 0.571. The average Bonchev–Trinajstić information content (AvgIpc) is 2.32. The third-order valence-electron chi connectivity index (χ3n) is 1.88. The van der Waals surface area contributed by atoms with Crippen molar-refractivity contribution in [2.24, 2.45) is 12.2 Å². The zero-order valence-electron chi connectivity index (χ0n) is 6.90. The molecule has 1 rings (SSSR count). The van der Waals surface area contributed by atoms with Crippen LogP contribution in [0.1, 0.15) is 24.2 Å². The summed E-state index contributed by atoms with van der Waals surface area (Å²) in [6.07, 6.45) is 1.68. The Labute approximate surface area is 65.2 Å². The van der Waals surface area contributed by atoms with Crippen molar-refractivity contribution in [3.8, 4) is 0 Å². The largest absolute Gasteiger partial charge is 0.273 e. The van der Waals surface area contributed by atoms with E-state index in [0.29, 0.717) is 0 Å². The highest BCUT2D eigenvalue weighted by Gasteiger charge is 2.10. The molecule has 1 atom stereocenters. The summed E-state index contributed by atoms with van der Waals surface area (Å²) >= 11 is 0. The first-order chi connectivity index (χ1) is 5.16. The van der Waals surface area contributed by atoms with Crippen LogP contribution in [0.5, 0.6) is 0 Å². The Morgan fingerprint density at radius 1 is 1.73 bits per heavy atom. The maximum atomic E-state index is 10.2. The third kappa shape index (κ3) is 1.29. The van der Waals surface area contributed by atoms with E-state index in [1.54, 1.807) is 17.8 Å². The molecule has 0 aliphatic heterocycles. The highest BCUT2D eigenvalue weighted by Crippen LogP contribution is 2.18. The molecule has 0 radical (unpaired) electrons.